The van der Waals surface area contributed by atoms with Crippen molar-refractivity contribution in [3.8, 4) is 11.3 Å². The van der Waals surface area contributed by atoms with Crippen molar-refractivity contribution in [3.05, 3.63) is 71.7 Å². The number of hydrogen-bond donors (Lipinski definition) is 1. The zero-order chi connectivity index (χ0) is 19.9. The highest BCUT2D eigenvalue weighted by atomic mass is 19.3. The van der Waals surface area contributed by atoms with E-state index in [1.165, 1.54) is 36.5 Å². The molecule has 2 N–H and O–H groups in total. The third-order valence-corrected chi connectivity index (χ3v) is 4.68. The maximum absolute atomic E-state index is 13.2. The molecule has 1 atom stereocenters. The van der Waals surface area contributed by atoms with Gasteiger partial charge in [0.1, 0.15) is 17.7 Å². The van der Waals surface area contributed by atoms with Crippen molar-refractivity contribution in [2.75, 3.05) is 7.05 Å². The predicted octanol–water partition coefficient (Wildman–Crippen LogP) is 2.70. The van der Waals surface area contributed by atoms with Crippen LogP contribution >= 0.6 is 0 Å². The van der Waals surface area contributed by atoms with Crippen LogP contribution in [0.3, 0.4) is 0 Å². The first-order valence-electron chi connectivity index (χ1n) is 8.33. The number of rotatable bonds is 4. The summed E-state index contributed by atoms with van der Waals surface area (Å²) >= 11 is 0. The van der Waals surface area contributed by atoms with Crippen LogP contribution < -0.4 is 5.73 Å². The van der Waals surface area contributed by atoms with Gasteiger partial charge in [-0.1, -0.05) is 23.4 Å². The molecule has 0 spiro atoms. The Morgan fingerprint density at radius 2 is 1.96 bits per heavy atom. The molecule has 9 heteroatoms. The number of amides is 1. The second kappa shape index (κ2) is 6.52. The standard InChI is InChI=1S/C19H15F2N5O2/c1-26-17(27)19(24-18(26)22,13-5-7-23-15(10-13)16(20)21)12-4-2-3-11(9-12)14-6-8-28-25-14/h2-10,16H,1H3,(H2,22,24). The van der Waals surface area contributed by atoms with Crippen LogP contribution in [0, 0.1) is 0 Å². The number of likely N-dealkylation sites (N-methyl/N-ethyl adjacent to an activating group) is 1. The molecule has 0 saturated heterocycles. The van der Waals surface area contributed by atoms with Gasteiger partial charge < -0.3 is 10.3 Å². The molecule has 2 aromatic heterocycles. The van der Waals surface area contributed by atoms with Crippen molar-refractivity contribution in [2.24, 2.45) is 10.7 Å². The number of carbonyl (C=O) groups excluding carboxylic acids is 1. The van der Waals surface area contributed by atoms with Crippen LogP contribution in [0.2, 0.25) is 0 Å². The lowest BCUT2D eigenvalue weighted by Crippen LogP contribution is -2.41. The summed E-state index contributed by atoms with van der Waals surface area (Å²) in [6.07, 6.45) is -0.119. The van der Waals surface area contributed by atoms with Gasteiger partial charge in [0, 0.05) is 24.9 Å². The van der Waals surface area contributed by atoms with E-state index < -0.39 is 23.6 Å². The maximum atomic E-state index is 13.2. The fourth-order valence-electron chi connectivity index (χ4n) is 3.24. The third kappa shape index (κ3) is 2.63. The molecule has 1 amide bonds. The number of aromatic nitrogens is 2. The summed E-state index contributed by atoms with van der Waals surface area (Å²) in [7, 11) is 1.49. The minimum absolute atomic E-state index is 0.00718. The number of nitrogens with zero attached hydrogens (tertiary/aromatic N) is 4. The quantitative estimate of drug-likeness (QED) is 0.747. The molecule has 4 rings (SSSR count). The number of hydrogen-bond acceptors (Lipinski definition) is 6. The van der Waals surface area contributed by atoms with Gasteiger partial charge in [0.2, 0.25) is 0 Å². The molecule has 0 aliphatic carbocycles. The minimum Gasteiger partial charge on any atom is -0.369 e. The molecule has 1 aliphatic heterocycles. The molecule has 1 unspecified atom stereocenters. The van der Waals surface area contributed by atoms with E-state index in [-0.39, 0.29) is 11.5 Å². The molecule has 28 heavy (non-hydrogen) atoms. The van der Waals surface area contributed by atoms with Crippen LogP contribution in [-0.4, -0.2) is 34.0 Å². The van der Waals surface area contributed by atoms with E-state index in [9.17, 15) is 13.6 Å². The lowest BCUT2D eigenvalue weighted by atomic mass is 9.82. The molecular formula is C19H15F2N5O2. The Hall–Kier alpha value is -3.62. The second-order valence-electron chi connectivity index (χ2n) is 6.28. The molecule has 142 valence electrons. The first-order chi connectivity index (χ1) is 13.4. The van der Waals surface area contributed by atoms with Gasteiger partial charge in [0.05, 0.1) is 0 Å². The van der Waals surface area contributed by atoms with Crippen LogP contribution in [0.4, 0.5) is 8.78 Å². The first kappa shape index (κ1) is 17.8. The van der Waals surface area contributed by atoms with Crippen molar-refractivity contribution in [1.29, 1.82) is 0 Å². The monoisotopic (exact) mass is 383 g/mol. The summed E-state index contributed by atoms with van der Waals surface area (Å²) in [4.78, 5) is 22.5. The Morgan fingerprint density at radius 1 is 1.18 bits per heavy atom. The summed E-state index contributed by atoms with van der Waals surface area (Å²) in [5.74, 6) is -0.457. The molecule has 0 fully saturated rings. The average Bonchev–Trinajstić information content (AvgIpc) is 3.32. The van der Waals surface area contributed by atoms with Gasteiger partial charge in [-0.25, -0.2) is 13.8 Å². The summed E-state index contributed by atoms with van der Waals surface area (Å²) in [6.45, 7) is 0. The Kier molecular flexibility index (Phi) is 4.14. The smallest absolute Gasteiger partial charge is 0.280 e. The Bertz CT molecular complexity index is 1070. The van der Waals surface area contributed by atoms with Crippen molar-refractivity contribution in [1.82, 2.24) is 15.0 Å². The van der Waals surface area contributed by atoms with Gasteiger partial charge in [0.15, 0.2) is 11.5 Å². The highest BCUT2D eigenvalue weighted by molar-refractivity contribution is 6.09. The summed E-state index contributed by atoms with van der Waals surface area (Å²) < 4.78 is 31.3. The van der Waals surface area contributed by atoms with Gasteiger partial charge in [-0.15, -0.1) is 0 Å². The topological polar surface area (TPSA) is 97.6 Å². The number of pyridine rings is 1. The second-order valence-corrected chi connectivity index (χ2v) is 6.28. The van der Waals surface area contributed by atoms with Crippen LogP contribution in [0.25, 0.3) is 11.3 Å². The van der Waals surface area contributed by atoms with E-state index in [1.807, 2.05) is 0 Å². The van der Waals surface area contributed by atoms with Gasteiger partial charge in [-0.05, 0) is 29.3 Å². The minimum atomic E-state index is -2.78. The molecule has 0 saturated carbocycles. The Balaban J connectivity index is 1.95. The number of halogens is 2. The van der Waals surface area contributed by atoms with E-state index in [0.717, 1.165) is 0 Å². The average molecular weight is 383 g/mol. The number of aliphatic imine (C=N–C) groups is 1. The number of alkyl halides is 2. The van der Waals surface area contributed by atoms with E-state index in [0.29, 0.717) is 16.8 Å². The fourth-order valence-corrected chi connectivity index (χ4v) is 3.24. The first-order valence-corrected chi connectivity index (χ1v) is 8.33. The molecule has 1 aliphatic rings. The van der Waals surface area contributed by atoms with Crippen LogP contribution in [0.5, 0.6) is 0 Å². The zero-order valence-electron chi connectivity index (χ0n) is 14.7. The van der Waals surface area contributed by atoms with Crippen LogP contribution in [-0.2, 0) is 10.3 Å². The van der Waals surface area contributed by atoms with Gasteiger partial charge >= 0.3 is 0 Å². The highest BCUT2D eigenvalue weighted by Gasteiger charge is 2.49. The van der Waals surface area contributed by atoms with E-state index in [1.54, 1.807) is 30.3 Å². The molecule has 3 heterocycles. The molecule has 7 nitrogen and oxygen atoms in total. The van der Waals surface area contributed by atoms with Gasteiger partial charge in [0.25, 0.3) is 12.3 Å². The normalized spacial score (nSPS) is 19.4. The number of benzene rings is 1. The van der Waals surface area contributed by atoms with Crippen molar-refractivity contribution in [2.45, 2.75) is 12.0 Å². The summed E-state index contributed by atoms with van der Waals surface area (Å²) in [5.41, 5.74) is 5.85. The summed E-state index contributed by atoms with van der Waals surface area (Å²) in [5, 5.41) is 3.90. The fraction of sp³-hybridized carbons (Fsp3) is 0.158. The van der Waals surface area contributed by atoms with Crippen LogP contribution in [0.15, 0.2) is 64.4 Å². The molecule has 0 bridgehead atoms. The predicted molar refractivity (Wildman–Crippen MR) is 96.3 cm³/mol. The largest absolute Gasteiger partial charge is 0.369 e. The number of guanidine groups is 1. The lowest BCUT2D eigenvalue weighted by Gasteiger charge is -2.26. The molecule has 3 aromatic rings. The Labute approximate surface area is 158 Å². The molecule has 0 radical (unpaired) electrons. The molecular weight excluding hydrogens is 368 g/mol. The van der Waals surface area contributed by atoms with Crippen molar-refractivity contribution >= 4 is 11.9 Å². The van der Waals surface area contributed by atoms with Crippen molar-refractivity contribution in [3.63, 3.8) is 0 Å². The lowest BCUT2D eigenvalue weighted by molar-refractivity contribution is -0.129. The van der Waals surface area contributed by atoms with Crippen molar-refractivity contribution < 1.29 is 18.1 Å². The van der Waals surface area contributed by atoms with Crippen LogP contribution in [0.1, 0.15) is 23.2 Å². The number of carbonyl (C=O) groups is 1. The van der Waals surface area contributed by atoms with Gasteiger partial charge in [-0.3, -0.25) is 14.7 Å². The zero-order valence-corrected chi connectivity index (χ0v) is 14.7. The van der Waals surface area contributed by atoms with E-state index >= 15 is 0 Å². The molecule has 1 aromatic carbocycles. The number of nitrogens with two attached hydrogens (primary N) is 1. The van der Waals surface area contributed by atoms with E-state index in [4.69, 9.17) is 10.3 Å². The summed E-state index contributed by atoms with van der Waals surface area (Å²) in [6, 6.07) is 11.3. The highest BCUT2D eigenvalue weighted by Crippen LogP contribution is 2.41. The maximum Gasteiger partial charge on any atom is 0.280 e. The van der Waals surface area contributed by atoms with Gasteiger partial charge in [-0.2, -0.15) is 0 Å². The Morgan fingerprint density at radius 3 is 2.61 bits per heavy atom. The van der Waals surface area contributed by atoms with E-state index in [2.05, 4.69) is 15.1 Å². The SMILES string of the molecule is CN1C(=O)C(c2cccc(-c3ccon3)c2)(c2ccnc(C(F)F)c2)N=C1N. The third-order valence-electron chi connectivity index (χ3n) is 4.68.